The zero-order valence-electron chi connectivity index (χ0n) is 16.5. The summed E-state index contributed by atoms with van der Waals surface area (Å²) < 4.78 is 15.1. The van der Waals surface area contributed by atoms with Gasteiger partial charge in [0.05, 0.1) is 16.9 Å². The normalized spacial score (nSPS) is 14.9. The van der Waals surface area contributed by atoms with E-state index in [1.54, 1.807) is 32.4 Å². The Morgan fingerprint density at radius 1 is 1.43 bits per heavy atom. The van der Waals surface area contributed by atoms with Gasteiger partial charge in [0.15, 0.2) is 6.29 Å². The van der Waals surface area contributed by atoms with Crippen LogP contribution in [0.1, 0.15) is 18.4 Å². The van der Waals surface area contributed by atoms with Gasteiger partial charge >= 0.3 is 29.6 Å². The number of thiocarbonyl (C=S) groups is 1. The number of thioether (sulfide) groups is 1. The number of carbonyl (C=O) groups excluding carboxylic acids is 1. The topological polar surface area (TPSA) is 129 Å². The minimum atomic E-state index is -0.332. The van der Waals surface area contributed by atoms with Crippen LogP contribution in [0.2, 0.25) is 0 Å². The Kier molecular flexibility index (Phi) is 13.1. The maximum Gasteiger partial charge on any atom is 1.00 e. The number of benzene rings is 1. The average molecular weight is 481 g/mol. The molecule has 14 heteroatoms. The van der Waals surface area contributed by atoms with Gasteiger partial charge in [-0.2, -0.15) is 4.33 Å². The molecule has 0 aromatic heterocycles. The van der Waals surface area contributed by atoms with E-state index >= 15 is 0 Å². The van der Waals surface area contributed by atoms with Crippen LogP contribution < -0.4 is 34.8 Å². The molecule has 1 aliphatic heterocycles. The molecule has 1 heterocycles. The Morgan fingerprint density at radius 2 is 2.17 bits per heavy atom. The van der Waals surface area contributed by atoms with Gasteiger partial charge < -0.3 is 14.7 Å². The van der Waals surface area contributed by atoms with Gasteiger partial charge in [-0.1, -0.05) is 41.2 Å². The van der Waals surface area contributed by atoms with Gasteiger partial charge in [0.2, 0.25) is 0 Å². The van der Waals surface area contributed by atoms with Crippen LogP contribution >= 0.6 is 36.0 Å². The first-order valence-corrected chi connectivity index (χ1v) is 10.1. The first-order valence-electron chi connectivity index (χ1n) is 8.17. The maximum atomic E-state index is 12.7. The van der Waals surface area contributed by atoms with E-state index in [9.17, 15) is 10.1 Å². The first kappa shape index (κ1) is 27.4. The molecule has 0 bridgehead atoms. The Labute approximate surface area is 209 Å². The first-order chi connectivity index (χ1) is 14.0. The van der Waals surface area contributed by atoms with Gasteiger partial charge in [-0.05, 0) is 29.7 Å². The quantitative estimate of drug-likeness (QED) is 0.0424. The van der Waals surface area contributed by atoms with Crippen molar-refractivity contribution < 1.29 is 58.5 Å². The Bertz CT molecular complexity index is 833. The molecular formula is C16H17N4NaO6S3. The van der Waals surface area contributed by atoms with Gasteiger partial charge in [0.1, 0.15) is 4.32 Å². The van der Waals surface area contributed by atoms with Crippen molar-refractivity contribution in [3.05, 3.63) is 39.1 Å². The predicted molar refractivity (Wildman–Crippen MR) is 110 cm³/mol. The maximum absolute atomic E-state index is 12.7. The summed E-state index contributed by atoms with van der Waals surface area (Å²) in [5, 5.41) is 17.0. The molecule has 1 saturated heterocycles. The summed E-state index contributed by atoms with van der Waals surface area (Å²) >= 11 is 7.14. The van der Waals surface area contributed by atoms with E-state index in [0.717, 1.165) is 0 Å². The fraction of sp³-hybridized carbons (Fsp3) is 0.375. The van der Waals surface area contributed by atoms with Crippen LogP contribution in [0, 0.1) is 0 Å². The second kappa shape index (κ2) is 14.4. The molecule has 0 unspecified atom stereocenters. The molecule has 10 nitrogen and oxygen atoms in total. The van der Waals surface area contributed by atoms with Crippen molar-refractivity contribution in [2.75, 3.05) is 20.8 Å². The molecule has 156 valence electrons. The standard InChI is InChI=1S/C16H18N4O6S3.Na/c1-23-14(24-2)4-3-7-20-15(21)13(28-16(20)27)8-10-5-6-11(18-19-17)9-12(10)29-26-25-22;/h5-6,8-9,14,22H,3-4,7H2,1-2H3;/q;+1/p-1. The second-order valence-corrected chi connectivity index (χ2v) is 7.93. The average Bonchev–Trinajstić information content (AvgIpc) is 2.98. The van der Waals surface area contributed by atoms with Crippen LogP contribution in [0.15, 0.2) is 33.1 Å². The number of hydrogen-bond acceptors (Lipinski definition) is 10. The Hall–Kier alpha value is -0.670. The molecule has 1 fully saturated rings. The van der Waals surface area contributed by atoms with Crippen LogP contribution in [-0.2, 0) is 23.6 Å². The van der Waals surface area contributed by atoms with E-state index in [1.165, 1.54) is 22.7 Å². The van der Waals surface area contributed by atoms with E-state index < -0.39 is 0 Å². The number of rotatable bonds is 11. The molecule has 0 N–H and O–H groups in total. The molecule has 2 rings (SSSR count). The zero-order chi connectivity index (χ0) is 21.2. The summed E-state index contributed by atoms with van der Waals surface area (Å²) in [6.07, 6.45) is 2.57. The van der Waals surface area contributed by atoms with Crippen molar-refractivity contribution in [3.63, 3.8) is 0 Å². The molecule has 30 heavy (non-hydrogen) atoms. The van der Waals surface area contributed by atoms with Crippen LogP contribution in [0.3, 0.4) is 0 Å². The minimum absolute atomic E-state index is 0. The van der Waals surface area contributed by atoms with Gasteiger partial charge in [0.25, 0.3) is 5.91 Å². The SMILES string of the molecule is COC(CCCN1C(=O)C(=Cc2ccc(N=[N+]=[N-])cc2SOO[O-])SC1=S)OC.[Na+]. The molecule has 0 radical (unpaired) electrons. The van der Waals surface area contributed by atoms with E-state index in [-0.39, 0.29) is 41.8 Å². The van der Waals surface area contributed by atoms with Gasteiger partial charge in [-0.25, -0.2) is 0 Å². The third kappa shape index (κ3) is 7.79. The number of ether oxygens (including phenoxy) is 2. The zero-order valence-corrected chi connectivity index (χ0v) is 20.9. The fourth-order valence-corrected chi connectivity index (χ4v) is 4.25. The fourth-order valence-electron chi connectivity index (χ4n) is 2.46. The van der Waals surface area contributed by atoms with E-state index in [2.05, 4.69) is 19.4 Å². The third-order valence-electron chi connectivity index (χ3n) is 3.82. The largest absolute Gasteiger partial charge is 1.00 e. The number of nitrogens with zero attached hydrogens (tertiary/aromatic N) is 4. The predicted octanol–water partition coefficient (Wildman–Crippen LogP) is 0.463. The number of azide groups is 1. The van der Waals surface area contributed by atoms with Gasteiger partial charge in [0, 0.05) is 42.7 Å². The molecule has 1 amide bonds. The van der Waals surface area contributed by atoms with Crippen molar-refractivity contribution in [2.45, 2.75) is 24.0 Å². The van der Waals surface area contributed by atoms with Gasteiger partial charge in [-0.3, -0.25) is 14.7 Å². The molecule has 0 aliphatic carbocycles. The molecule has 0 atom stereocenters. The summed E-state index contributed by atoms with van der Waals surface area (Å²) in [5.74, 6) is -0.220. The van der Waals surface area contributed by atoms with Crippen molar-refractivity contribution in [3.8, 4) is 0 Å². The molecule has 0 saturated carbocycles. The number of methoxy groups -OCH3 is 2. The summed E-state index contributed by atoms with van der Waals surface area (Å²) in [4.78, 5) is 17.8. The summed E-state index contributed by atoms with van der Waals surface area (Å²) in [7, 11) is 3.11. The number of carbonyl (C=O) groups is 1. The minimum Gasteiger partial charge on any atom is -0.691 e. The van der Waals surface area contributed by atoms with Gasteiger partial charge in [-0.15, -0.1) is 0 Å². The molecular weight excluding hydrogens is 463 g/mol. The van der Waals surface area contributed by atoms with Crippen LogP contribution in [0.5, 0.6) is 0 Å². The summed E-state index contributed by atoms with van der Waals surface area (Å²) in [6, 6.07) is 4.71. The Morgan fingerprint density at radius 3 is 2.80 bits per heavy atom. The van der Waals surface area contributed by atoms with Crippen molar-refractivity contribution in [1.82, 2.24) is 4.90 Å². The molecule has 1 aliphatic rings. The monoisotopic (exact) mass is 480 g/mol. The number of amides is 1. The summed E-state index contributed by atoms with van der Waals surface area (Å²) in [5.41, 5.74) is 9.46. The molecule has 1 aromatic rings. The van der Waals surface area contributed by atoms with Crippen molar-refractivity contribution in [2.24, 2.45) is 5.11 Å². The second-order valence-electron chi connectivity index (χ2n) is 5.51. The molecule has 1 aromatic carbocycles. The molecule has 0 spiro atoms. The smallest absolute Gasteiger partial charge is 0.691 e. The summed E-state index contributed by atoms with van der Waals surface area (Å²) in [6.45, 7) is 0.440. The van der Waals surface area contributed by atoms with E-state index in [1.807, 2.05) is 0 Å². The Balaban J connectivity index is 0.00000450. The third-order valence-corrected chi connectivity index (χ3v) is 5.85. The van der Waals surface area contributed by atoms with Crippen LogP contribution in [0.4, 0.5) is 5.69 Å². The van der Waals surface area contributed by atoms with E-state index in [4.69, 9.17) is 27.2 Å². The van der Waals surface area contributed by atoms with Crippen LogP contribution in [0.25, 0.3) is 16.5 Å². The van der Waals surface area contributed by atoms with Crippen molar-refractivity contribution in [1.29, 1.82) is 0 Å². The van der Waals surface area contributed by atoms with E-state index in [0.29, 0.717) is 56.8 Å². The van der Waals surface area contributed by atoms with Crippen LogP contribution in [-0.4, -0.2) is 42.2 Å². The number of hydrogen-bond donors (Lipinski definition) is 0. The van der Waals surface area contributed by atoms with Crippen molar-refractivity contribution >= 4 is 58.0 Å².